The molecule has 0 radical (unpaired) electrons. The molecular weight excluding hydrogens is 140 g/mol. The van der Waals surface area contributed by atoms with Crippen LogP contribution >= 0.6 is 0 Å². The molecule has 0 unspecified atom stereocenters. The lowest BCUT2D eigenvalue weighted by atomic mass is 9.96. The van der Waals surface area contributed by atoms with Crippen molar-refractivity contribution >= 4 is 5.91 Å². The van der Waals surface area contributed by atoms with Gasteiger partial charge in [-0.05, 0) is 12.8 Å². The van der Waals surface area contributed by atoms with Gasteiger partial charge in [-0.1, -0.05) is 12.8 Å². The molecule has 1 saturated carbocycles. The summed E-state index contributed by atoms with van der Waals surface area (Å²) in [6.07, 6.45) is 5.08. The fourth-order valence-electron chi connectivity index (χ4n) is 2.07. The maximum absolute atomic E-state index is 10.8. The summed E-state index contributed by atoms with van der Waals surface area (Å²) >= 11 is 0. The zero-order valence-corrected chi connectivity index (χ0v) is 6.65. The topological polar surface area (TPSA) is 41.1 Å². The number of nitrogens with one attached hydrogen (secondary N) is 2. The summed E-state index contributed by atoms with van der Waals surface area (Å²) in [5.41, 5.74) is 0.272. The van der Waals surface area contributed by atoms with Crippen molar-refractivity contribution < 1.29 is 4.79 Å². The summed E-state index contributed by atoms with van der Waals surface area (Å²) in [4.78, 5) is 10.8. The van der Waals surface area contributed by atoms with Crippen molar-refractivity contribution in [1.29, 1.82) is 0 Å². The van der Waals surface area contributed by atoms with E-state index in [4.69, 9.17) is 0 Å². The maximum Gasteiger partial charge on any atom is 0.234 e. The third kappa shape index (κ3) is 1.25. The first-order valence-corrected chi connectivity index (χ1v) is 4.33. The van der Waals surface area contributed by atoms with E-state index in [-0.39, 0.29) is 11.4 Å². The monoisotopic (exact) mass is 154 g/mol. The second-order valence-corrected chi connectivity index (χ2v) is 3.62. The summed E-state index contributed by atoms with van der Waals surface area (Å²) in [5, 5.41) is 6.25. The second kappa shape index (κ2) is 2.48. The van der Waals surface area contributed by atoms with E-state index in [2.05, 4.69) is 10.6 Å². The Labute approximate surface area is 66.5 Å². The van der Waals surface area contributed by atoms with Gasteiger partial charge in [0.15, 0.2) is 0 Å². The Morgan fingerprint density at radius 1 is 1.27 bits per heavy atom. The number of hydrogen-bond acceptors (Lipinski definition) is 2. The molecule has 3 nitrogen and oxygen atoms in total. The van der Waals surface area contributed by atoms with Crippen molar-refractivity contribution in [2.75, 3.05) is 13.1 Å². The molecule has 2 fully saturated rings. The highest BCUT2D eigenvalue weighted by atomic mass is 16.2. The molecule has 1 heterocycles. The molecule has 2 aliphatic rings. The van der Waals surface area contributed by atoms with Crippen LogP contribution < -0.4 is 10.6 Å². The van der Waals surface area contributed by atoms with Crippen LogP contribution in [0.4, 0.5) is 0 Å². The van der Waals surface area contributed by atoms with E-state index in [1.54, 1.807) is 0 Å². The van der Waals surface area contributed by atoms with E-state index >= 15 is 0 Å². The van der Waals surface area contributed by atoms with Gasteiger partial charge in [0.25, 0.3) is 0 Å². The highest BCUT2D eigenvalue weighted by Gasteiger charge is 2.36. The Bertz CT molecular complexity index is 161. The van der Waals surface area contributed by atoms with Gasteiger partial charge in [-0.25, -0.2) is 0 Å². The van der Waals surface area contributed by atoms with Crippen molar-refractivity contribution in [2.45, 2.75) is 31.2 Å². The van der Waals surface area contributed by atoms with E-state index < -0.39 is 0 Å². The van der Waals surface area contributed by atoms with Gasteiger partial charge in [0, 0.05) is 12.1 Å². The van der Waals surface area contributed by atoms with Crippen LogP contribution in [-0.4, -0.2) is 24.5 Å². The molecule has 1 amide bonds. The Kier molecular flexibility index (Phi) is 1.60. The Balaban J connectivity index is 1.99. The zero-order valence-electron chi connectivity index (χ0n) is 6.65. The van der Waals surface area contributed by atoms with E-state index in [1.165, 1.54) is 25.7 Å². The van der Waals surface area contributed by atoms with Crippen LogP contribution in [0.3, 0.4) is 0 Å². The van der Waals surface area contributed by atoms with Crippen LogP contribution in [0.25, 0.3) is 0 Å². The van der Waals surface area contributed by atoms with Gasteiger partial charge in [0.05, 0.1) is 6.54 Å². The second-order valence-electron chi connectivity index (χ2n) is 3.62. The summed E-state index contributed by atoms with van der Waals surface area (Å²) < 4.78 is 0. The summed E-state index contributed by atoms with van der Waals surface area (Å²) in [6, 6.07) is 0. The quantitative estimate of drug-likeness (QED) is 0.516. The Hall–Kier alpha value is -0.570. The molecule has 1 aliphatic heterocycles. The number of rotatable bonds is 0. The number of carbonyl (C=O) groups excluding carboxylic acids is 1. The van der Waals surface area contributed by atoms with Crippen LogP contribution in [0.2, 0.25) is 0 Å². The van der Waals surface area contributed by atoms with Gasteiger partial charge >= 0.3 is 0 Å². The van der Waals surface area contributed by atoms with Gasteiger partial charge in [-0.3, -0.25) is 4.79 Å². The predicted octanol–water partition coefficient (Wildman–Crippen LogP) is 0.0186. The number of piperazine rings is 1. The van der Waals surface area contributed by atoms with Gasteiger partial charge < -0.3 is 10.6 Å². The minimum atomic E-state index is 0.141. The first-order chi connectivity index (χ1) is 5.31. The molecular formula is C8H14N2O. The lowest BCUT2D eigenvalue weighted by Crippen LogP contribution is -2.59. The van der Waals surface area contributed by atoms with Gasteiger partial charge in [-0.15, -0.1) is 0 Å². The molecule has 0 atom stereocenters. The molecule has 2 N–H and O–H groups in total. The molecule has 0 bridgehead atoms. The van der Waals surface area contributed by atoms with Gasteiger partial charge in [-0.2, -0.15) is 0 Å². The normalized spacial score (nSPS) is 28.9. The van der Waals surface area contributed by atoms with Crippen molar-refractivity contribution in [3.8, 4) is 0 Å². The van der Waals surface area contributed by atoms with E-state index in [0.29, 0.717) is 6.54 Å². The van der Waals surface area contributed by atoms with Gasteiger partial charge in [0.2, 0.25) is 5.91 Å². The molecule has 1 aliphatic carbocycles. The lowest BCUT2D eigenvalue weighted by molar-refractivity contribution is -0.122. The third-order valence-electron chi connectivity index (χ3n) is 2.81. The predicted molar refractivity (Wildman–Crippen MR) is 42.2 cm³/mol. The van der Waals surface area contributed by atoms with Crippen molar-refractivity contribution in [3.05, 3.63) is 0 Å². The summed E-state index contributed by atoms with van der Waals surface area (Å²) in [6.45, 7) is 1.35. The average molecular weight is 154 g/mol. The van der Waals surface area contributed by atoms with E-state index in [1.807, 2.05) is 0 Å². The molecule has 11 heavy (non-hydrogen) atoms. The molecule has 0 aromatic carbocycles. The van der Waals surface area contributed by atoms with Crippen LogP contribution in [0, 0.1) is 0 Å². The minimum Gasteiger partial charge on any atom is -0.353 e. The van der Waals surface area contributed by atoms with Gasteiger partial charge in [0.1, 0.15) is 0 Å². The van der Waals surface area contributed by atoms with Crippen LogP contribution in [0.5, 0.6) is 0 Å². The zero-order chi connectivity index (χ0) is 7.73. The van der Waals surface area contributed by atoms with Crippen LogP contribution in [0.15, 0.2) is 0 Å². The molecule has 3 heteroatoms. The lowest BCUT2D eigenvalue weighted by Gasteiger charge is -2.34. The highest BCUT2D eigenvalue weighted by molar-refractivity contribution is 5.79. The third-order valence-corrected chi connectivity index (χ3v) is 2.81. The summed E-state index contributed by atoms with van der Waals surface area (Å²) in [5.74, 6) is 0.141. The van der Waals surface area contributed by atoms with E-state index in [9.17, 15) is 4.79 Å². The molecule has 0 aromatic heterocycles. The minimum absolute atomic E-state index is 0.141. The Morgan fingerprint density at radius 2 is 2.00 bits per heavy atom. The fraction of sp³-hybridized carbons (Fsp3) is 0.875. The first kappa shape index (κ1) is 7.10. The van der Waals surface area contributed by atoms with Crippen LogP contribution in [0.1, 0.15) is 25.7 Å². The fourth-order valence-corrected chi connectivity index (χ4v) is 2.07. The number of amides is 1. The summed E-state index contributed by atoms with van der Waals surface area (Å²) in [7, 11) is 0. The Morgan fingerprint density at radius 3 is 2.55 bits per heavy atom. The standard InChI is InChI=1S/C8H14N2O/c11-7-5-10-8(6-9-7)3-1-2-4-8/h10H,1-6H2,(H,9,11). The van der Waals surface area contributed by atoms with Crippen LogP contribution in [-0.2, 0) is 4.79 Å². The van der Waals surface area contributed by atoms with E-state index in [0.717, 1.165) is 6.54 Å². The molecule has 1 saturated heterocycles. The van der Waals surface area contributed by atoms with Crippen molar-refractivity contribution in [2.24, 2.45) is 0 Å². The highest BCUT2D eigenvalue weighted by Crippen LogP contribution is 2.29. The maximum atomic E-state index is 10.8. The molecule has 1 spiro atoms. The SMILES string of the molecule is O=C1CNC2(CCCC2)CN1. The molecule has 2 rings (SSSR count). The van der Waals surface area contributed by atoms with Crippen molar-refractivity contribution in [3.63, 3.8) is 0 Å². The number of hydrogen-bond donors (Lipinski definition) is 2. The van der Waals surface area contributed by atoms with Crippen molar-refractivity contribution in [1.82, 2.24) is 10.6 Å². The smallest absolute Gasteiger partial charge is 0.234 e. The first-order valence-electron chi connectivity index (χ1n) is 4.33. The molecule has 0 aromatic rings. The molecule has 62 valence electrons. The average Bonchev–Trinajstić information content (AvgIpc) is 2.45. The number of carbonyl (C=O) groups is 1. The largest absolute Gasteiger partial charge is 0.353 e.